The Balaban J connectivity index is 4.12. The van der Waals surface area contributed by atoms with Crippen LogP contribution in [0.15, 0.2) is 11.6 Å². The van der Waals surface area contributed by atoms with Gasteiger partial charge >= 0.3 is 9.28 Å². The first-order valence-electron chi connectivity index (χ1n) is 6.07. The van der Waals surface area contributed by atoms with Gasteiger partial charge in [0.15, 0.2) is 5.78 Å². The Morgan fingerprint density at radius 1 is 1.19 bits per heavy atom. The second kappa shape index (κ2) is 9.75. The SMILES string of the molecule is CCCC(C)=CC(=O)C[SiH](OCC)OCC. The van der Waals surface area contributed by atoms with Gasteiger partial charge in [-0.05, 0) is 33.3 Å². The minimum Gasteiger partial charge on any atom is -0.397 e. The summed E-state index contributed by atoms with van der Waals surface area (Å²) in [5, 5.41) is 0. The summed E-state index contributed by atoms with van der Waals surface area (Å²) in [6.07, 6.45) is 3.80. The second-order valence-electron chi connectivity index (χ2n) is 3.75. The van der Waals surface area contributed by atoms with Crippen molar-refractivity contribution in [1.82, 2.24) is 0 Å². The summed E-state index contributed by atoms with van der Waals surface area (Å²) in [7, 11) is -1.76. The van der Waals surface area contributed by atoms with Crippen LogP contribution in [0.5, 0.6) is 0 Å². The summed E-state index contributed by atoms with van der Waals surface area (Å²) in [6, 6.07) is 0.447. The van der Waals surface area contributed by atoms with Crippen molar-refractivity contribution >= 4 is 15.1 Å². The number of carbonyl (C=O) groups excluding carboxylic acids is 1. The third kappa shape index (κ3) is 7.79. The van der Waals surface area contributed by atoms with Crippen LogP contribution in [0.4, 0.5) is 0 Å². The van der Waals surface area contributed by atoms with E-state index in [4.69, 9.17) is 8.85 Å². The van der Waals surface area contributed by atoms with Crippen LogP contribution in [0.2, 0.25) is 6.04 Å². The lowest BCUT2D eigenvalue weighted by atomic mass is 10.1. The maximum Gasteiger partial charge on any atom is 0.329 e. The number of carbonyl (C=O) groups is 1. The van der Waals surface area contributed by atoms with E-state index in [0.29, 0.717) is 19.3 Å². The number of ketones is 1. The molecule has 0 radical (unpaired) electrons. The lowest BCUT2D eigenvalue weighted by molar-refractivity contribution is -0.113. The summed E-state index contributed by atoms with van der Waals surface area (Å²) in [5.74, 6) is 0.143. The molecule has 0 saturated heterocycles. The van der Waals surface area contributed by atoms with E-state index in [0.717, 1.165) is 18.4 Å². The molecule has 0 aromatic heterocycles. The van der Waals surface area contributed by atoms with E-state index in [1.165, 1.54) is 0 Å². The van der Waals surface area contributed by atoms with Gasteiger partial charge in [-0.1, -0.05) is 18.9 Å². The summed E-state index contributed by atoms with van der Waals surface area (Å²) >= 11 is 0. The Labute approximate surface area is 101 Å². The molecule has 0 atom stereocenters. The maximum atomic E-state index is 11.7. The van der Waals surface area contributed by atoms with Crippen molar-refractivity contribution in [2.45, 2.75) is 46.6 Å². The van der Waals surface area contributed by atoms with E-state index >= 15 is 0 Å². The molecule has 0 aliphatic heterocycles. The lowest BCUT2D eigenvalue weighted by Crippen LogP contribution is -2.25. The summed E-state index contributed by atoms with van der Waals surface area (Å²) in [6.45, 7) is 9.23. The van der Waals surface area contributed by atoms with Crippen molar-refractivity contribution in [1.29, 1.82) is 0 Å². The number of allylic oxidation sites excluding steroid dienone is 2. The van der Waals surface area contributed by atoms with Gasteiger partial charge in [0, 0.05) is 13.2 Å². The first-order valence-corrected chi connectivity index (χ1v) is 7.83. The highest BCUT2D eigenvalue weighted by molar-refractivity contribution is 6.50. The van der Waals surface area contributed by atoms with Crippen molar-refractivity contribution in [2.75, 3.05) is 13.2 Å². The van der Waals surface area contributed by atoms with E-state index in [-0.39, 0.29) is 5.78 Å². The van der Waals surface area contributed by atoms with Crippen LogP contribution in [0, 0.1) is 0 Å². The highest BCUT2D eigenvalue weighted by Crippen LogP contribution is 2.06. The van der Waals surface area contributed by atoms with Gasteiger partial charge in [0.05, 0.1) is 6.04 Å². The Morgan fingerprint density at radius 3 is 2.19 bits per heavy atom. The average Bonchev–Trinajstić information content (AvgIpc) is 2.18. The highest BCUT2D eigenvalue weighted by atomic mass is 28.3. The van der Waals surface area contributed by atoms with Crippen molar-refractivity contribution in [3.63, 3.8) is 0 Å². The molecule has 0 rings (SSSR count). The van der Waals surface area contributed by atoms with E-state index in [1.54, 1.807) is 6.08 Å². The number of hydrogen-bond acceptors (Lipinski definition) is 3. The van der Waals surface area contributed by atoms with Gasteiger partial charge in [0.25, 0.3) is 0 Å². The molecule has 0 aromatic carbocycles. The molecule has 3 nitrogen and oxygen atoms in total. The second-order valence-corrected chi connectivity index (χ2v) is 5.69. The van der Waals surface area contributed by atoms with Gasteiger partial charge < -0.3 is 8.85 Å². The molecule has 0 amide bonds. The van der Waals surface area contributed by atoms with Crippen LogP contribution in [0.25, 0.3) is 0 Å². The van der Waals surface area contributed by atoms with Crippen LogP contribution in [0.3, 0.4) is 0 Å². The minimum absolute atomic E-state index is 0.143. The van der Waals surface area contributed by atoms with Crippen molar-refractivity contribution in [3.05, 3.63) is 11.6 Å². The molecule has 0 aromatic rings. The average molecular weight is 244 g/mol. The molecular weight excluding hydrogens is 220 g/mol. The largest absolute Gasteiger partial charge is 0.397 e. The van der Waals surface area contributed by atoms with Gasteiger partial charge in [-0.3, -0.25) is 4.79 Å². The first kappa shape index (κ1) is 15.5. The lowest BCUT2D eigenvalue weighted by Gasteiger charge is -2.13. The van der Waals surface area contributed by atoms with Gasteiger partial charge in [-0.15, -0.1) is 0 Å². The molecular formula is C12H24O3Si. The quantitative estimate of drug-likeness (QED) is 0.462. The van der Waals surface area contributed by atoms with Gasteiger partial charge in [0.2, 0.25) is 0 Å². The minimum atomic E-state index is -1.76. The van der Waals surface area contributed by atoms with Crippen LogP contribution < -0.4 is 0 Å². The summed E-state index contributed by atoms with van der Waals surface area (Å²) < 4.78 is 10.9. The van der Waals surface area contributed by atoms with E-state index in [1.807, 2.05) is 20.8 Å². The number of rotatable bonds is 9. The molecule has 94 valence electrons. The van der Waals surface area contributed by atoms with Crippen molar-refractivity contribution in [3.8, 4) is 0 Å². The molecule has 0 N–H and O–H groups in total. The molecule has 0 bridgehead atoms. The smallest absolute Gasteiger partial charge is 0.329 e. The molecule has 0 fully saturated rings. The zero-order chi connectivity index (χ0) is 12.4. The fourth-order valence-corrected chi connectivity index (χ4v) is 3.02. The van der Waals surface area contributed by atoms with Crippen LogP contribution in [0.1, 0.15) is 40.5 Å². The van der Waals surface area contributed by atoms with Crippen molar-refractivity contribution in [2.24, 2.45) is 0 Å². The van der Waals surface area contributed by atoms with E-state index in [2.05, 4.69) is 6.92 Å². The Bertz CT molecular complexity index is 220. The first-order chi connectivity index (χ1) is 7.63. The molecule has 0 aliphatic rings. The fraction of sp³-hybridized carbons (Fsp3) is 0.750. The molecule has 4 heteroatoms. The Kier molecular flexibility index (Phi) is 9.47. The molecule has 16 heavy (non-hydrogen) atoms. The monoisotopic (exact) mass is 244 g/mol. The van der Waals surface area contributed by atoms with Crippen molar-refractivity contribution < 1.29 is 13.6 Å². The van der Waals surface area contributed by atoms with Gasteiger partial charge in [-0.2, -0.15) is 0 Å². The van der Waals surface area contributed by atoms with Crippen LogP contribution in [-0.4, -0.2) is 28.3 Å². The zero-order valence-corrected chi connectivity index (χ0v) is 12.1. The van der Waals surface area contributed by atoms with Gasteiger partial charge in [-0.25, -0.2) is 0 Å². The van der Waals surface area contributed by atoms with Gasteiger partial charge in [0.1, 0.15) is 0 Å². The summed E-state index contributed by atoms with van der Waals surface area (Å²) in [4.78, 5) is 11.7. The topological polar surface area (TPSA) is 35.5 Å². The number of hydrogen-bond donors (Lipinski definition) is 0. The molecule has 0 saturated carbocycles. The fourth-order valence-electron chi connectivity index (χ4n) is 1.50. The summed E-state index contributed by atoms with van der Waals surface area (Å²) in [5.41, 5.74) is 1.15. The third-order valence-corrected chi connectivity index (χ3v) is 4.27. The third-order valence-electron chi connectivity index (χ3n) is 2.12. The molecule has 0 spiro atoms. The zero-order valence-electron chi connectivity index (χ0n) is 10.9. The molecule has 0 unspecified atom stereocenters. The van der Waals surface area contributed by atoms with Crippen LogP contribution >= 0.6 is 0 Å². The standard InChI is InChI=1S/C12H24O3Si/c1-5-8-11(4)9-12(13)10-16(14-6-2)15-7-3/h9,16H,5-8,10H2,1-4H3. The maximum absolute atomic E-state index is 11.7. The van der Waals surface area contributed by atoms with E-state index < -0.39 is 9.28 Å². The predicted octanol–water partition coefficient (Wildman–Crippen LogP) is 2.60. The molecule has 0 heterocycles. The normalized spacial score (nSPS) is 12.2. The van der Waals surface area contributed by atoms with Crippen LogP contribution in [-0.2, 0) is 13.6 Å². The highest BCUT2D eigenvalue weighted by Gasteiger charge is 2.15. The molecule has 0 aliphatic carbocycles. The Hall–Kier alpha value is -0.453. The Morgan fingerprint density at radius 2 is 1.75 bits per heavy atom. The van der Waals surface area contributed by atoms with E-state index in [9.17, 15) is 4.79 Å². The predicted molar refractivity (Wildman–Crippen MR) is 68.9 cm³/mol.